The standard InChI is InChI=1S/C18H32N6/c1-5-19-18(20-10-14(2)23(4)17-6-7-17)24-9-8-15(13-24)16-11-21-22(3)12-16/h11-12,14-15,17H,5-10,13H2,1-4H3,(H,19,20). The lowest BCUT2D eigenvalue weighted by molar-refractivity contribution is 0.252. The van der Waals surface area contributed by atoms with Gasteiger partial charge < -0.3 is 10.2 Å². The summed E-state index contributed by atoms with van der Waals surface area (Å²) in [6, 6.07) is 1.29. The van der Waals surface area contributed by atoms with Crippen molar-refractivity contribution in [3.63, 3.8) is 0 Å². The number of aliphatic imine (C=N–C) groups is 1. The number of aromatic nitrogens is 2. The number of nitrogens with one attached hydrogen (secondary N) is 1. The molecule has 0 amide bonds. The van der Waals surface area contributed by atoms with Crippen molar-refractivity contribution in [3.8, 4) is 0 Å². The Bertz CT molecular complexity index is 562. The van der Waals surface area contributed by atoms with E-state index < -0.39 is 0 Å². The average Bonchev–Trinajstić information content (AvgIpc) is 3.15. The van der Waals surface area contributed by atoms with Crippen molar-refractivity contribution < 1.29 is 0 Å². The number of hydrogen-bond donors (Lipinski definition) is 1. The summed E-state index contributed by atoms with van der Waals surface area (Å²) in [5.74, 6) is 1.63. The molecule has 1 aromatic rings. The highest BCUT2D eigenvalue weighted by atomic mass is 15.3. The van der Waals surface area contributed by atoms with Crippen molar-refractivity contribution >= 4 is 5.96 Å². The smallest absolute Gasteiger partial charge is 0.193 e. The largest absolute Gasteiger partial charge is 0.357 e. The summed E-state index contributed by atoms with van der Waals surface area (Å²) in [5.41, 5.74) is 1.35. The number of aryl methyl sites for hydroxylation is 1. The van der Waals surface area contributed by atoms with E-state index in [1.54, 1.807) is 0 Å². The molecule has 1 aromatic heterocycles. The molecule has 134 valence electrons. The van der Waals surface area contributed by atoms with Gasteiger partial charge in [-0.05, 0) is 45.7 Å². The second-order valence-corrected chi connectivity index (χ2v) is 7.32. The van der Waals surface area contributed by atoms with E-state index in [1.807, 2.05) is 17.9 Å². The van der Waals surface area contributed by atoms with E-state index in [-0.39, 0.29) is 0 Å². The Labute approximate surface area is 145 Å². The molecule has 3 rings (SSSR count). The van der Waals surface area contributed by atoms with Crippen molar-refractivity contribution in [1.82, 2.24) is 24.9 Å². The summed E-state index contributed by atoms with van der Waals surface area (Å²) in [5, 5.41) is 7.79. The number of likely N-dealkylation sites (tertiary alicyclic amines) is 1. The predicted molar refractivity (Wildman–Crippen MR) is 98.4 cm³/mol. The first kappa shape index (κ1) is 17.3. The van der Waals surface area contributed by atoms with E-state index in [4.69, 9.17) is 4.99 Å². The summed E-state index contributed by atoms with van der Waals surface area (Å²) in [6.07, 6.45) is 8.02. The molecule has 2 fully saturated rings. The minimum atomic E-state index is 0.503. The first-order valence-electron chi connectivity index (χ1n) is 9.32. The van der Waals surface area contributed by atoms with Crippen molar-refractivity contribution in [2.45, 2.75) is 51.1 Å². The summed E-state index contributed by atoms with van der Waals surface area (Å²) >= 11 is 0. The van der Waals surface area contributed by atoms with Gasteiger partial charge in [0.1, 0.15) is 0 Å². The maximum absolute atomic E-state index is 4.93. The van der Waals surface area contributed by atoms with E-state index >= 15 is 0 Å². The fraction of sp³-hybridized carbons (Fsp3) is 0.778. The second-order valence-electron chi connectivity index (χ2n) is 7.32. The molecule has 2 atom stereocenters. The number of hydrogen-bond acceptors (Lipinski definition) is 3. The lowest BCUT2D eigenvalue weighted by Crippen LogP contribution is -2.41. The average molecular weight is 332 g/mol. The van der Waals surface area contributed by atoms with E-state index in [0.29, 0.717) is 12.0 Å². The molecule has 2 heterocycles. The Morgan fingerprint density at radius 3 is 2.88 bits per heavy atom. The third-order valence-electron chi connectivity index (χ3n) is 5.34. The van der Waals surface area contributed by atoms with Gasteiger partial charge in [0, 0.05) is 50.9 Å². The molecular formula is C18H32N6. The normalized spacial score (nSPS) is 23.1. The van der Waals surface area contributed by atoms with Crippen molar-refractivity contribution in [3.05, 3.63) is 18.0 Å². The molecule has 1 saturated heterocycles. The minimum Gasteiger partial charge on any atom is -0.357 e. The van der Waals surface area contributed by atoms with E-state index in [2.05, 4.69) is 47.3 Å². The second kappa shape index (κ2) is 7.55. The van der Waals surface area contributed by atoms with Gasteiger partial charge in [0.25, 0.3) is 0 Å². The molecule has 0 radical (unpaired) electrons. The van der Waals surface area contributed by atoms with Gasteiger partial charge in [0.2, 0.25) is 0 Å². The molecule has 6 nitrogen and oxygen atoms in total. The van der Waals surface area contributed by atoms with Crippen LogP contribution in [0.25, 0.3) is 0 Å². The summed E-state index contributed by atoms with van der Waals surface area (Å²) in [7, 11) is 4.22. The highest BCUT2D eigenvalue weighted by Gasteiger charge is 2.30. The number of guanidine groups is 1. The quantitative estimate of drug-likeness (QED) is 0.636. The maximum Gasteiger partial charge on any atom is 0.193 e. The Kier molecular flexibility index (Phi) is 5.43. The van der Waals surface area contributed by atoms with Gasteiger partial charge in [-0.1, -0.05) is 0 Å². The molecule has 6 heteroatoms. The monoisotopic (exact) mass is 332 g/mol. The van der Waals surface area contributed by atoms with Crippen LogP contribution in [-0.4, -0.2) is 70.9 Å². The van der Waals surface area contributed by atoms with Crippen LogP contribution >= 0.6 is 0 Å². The van der Waals surface area contributed by atoms with Gasteiger partial charge in [0.15, 0.2) is 5.96 Å². The minimum absolute atomic E-state index is 0.503. The van der Waals surface area contributed by atoms with E-state index in [0.717, 1.165) is 38.2 Å². The van der Waals surface area contributed by atoms with Crippen molar-refractivity contribution in [1.29, 1.82) is 0 Å². The fourth-order valence-corrected chi connectivity index (χ4v) is 3.49. The maximum atomic E-state index is 4.93. The molecule has 1 aliphatic heterocycles. The molecule has 0 aromatic carbocycles. The Morgan fingerprint density at radius 1 is 1.46 bits per heavy atom. The Morgan fingerprint density at radius 2 is 2.25 bits per heavy atom. The zero-order valence-corrected chi connectivity index (χ0v) is 15.6. The topological polar surface area (TPSA) is 48.7 Å². The number of nitrogens with zero attached hydrogens (tertiary/aromatic N) is 5. The lowest BCUT2D eigenvalue weighted by Gasteiger charge is -2.25. The summed E-state index contributed by atoms with van der Waals surface area (Å²) in [6.45, 7) is 8.31. The number of rotatable bonds is 6. The molecule has 2 unspecified atom stereocenters. The molecule has 2 aliphatic rings. The summed E-state index contributed by atoms with van der Waals surface area (Å²) in [4.78, 5) is 9.82. The highest BCUT2D eigenvalue weighted by molar-refractivity contribution is 5.80. The zero-order valence-electron chi connectivity index (χ0n) is 15.6. The van der Waals surface area contributed by atoms with Crippen LogP contribution in [0.4, 0.5) is 0 Å². The SMILES string of the molecule is CCNC(=NCC(C)N(C)C1CC1)N1CCC(c2cnn(C)c2)C1. The Balaban J connectivity index is 1.59. The first-order valence-corrected chi connectivity index (χ1v) is 9.32. The molecule has 24 heavy (non-hydrogen) atoms. The van der Waals surface area contributed by atoms with Gasteiger partial charge >= 0.3 is 0 Å². The van der Waals surface area contributed by atoms with Crippen LogP contribution in [0.5, 0.6) is 0 Å². The third-order valence-corrected chi connectivity index (χ3v) is 5.34. The van der Waals surface area contributed by atoms with Crippen LogP contribution in [-0.2, 0) is 7.05 Å². The molecule has 0 spiro atoms. The van der Waals surface area contributed by atoms with Gasteiger partial charge in [-0.15, -0.1) is 0 Å². The van der Waals surface area contributed by atoms with Crippen LogP contribution in [0.2, 0.25) is 0 Å². The fourth-order valence-electron chi connectivity index (χ4n) is 3.49. The van der Waals surface area contributed by atoms with Crippen LogP contribution in [0.15, 0.2) is 17.4 Å². The molecule has 1 aliphatic carbocycles. The van der Waals surface area contributed by atoms with Gasteiger partial charge in [-0.3, -0.25) is 14.6 Å². The predicted octanol–water partition coefficient (Wildman–Crippen LogP) is 1.66. The van der Waals surface area contributed by atoms with E-state index in [1.165, 1.54) is 24.8 Å². The molecule has 1 saturated carbocycles. The van der Waals surface area contributed by atoms with E-state index in [9.17, 15) is 0 Å². The third kappa shape index (κ3) is 4.09. The Hall–Kier alpha value is -1.56. The zero-order chi connectivity index (χ0) is 17.1. The summed E-state index contributed by atoms with van der Waals surface area (Å²) < 4.78 is 1.90. The first-order chi connectivity index (χ1) is 11.6. The van der Waals surface area contributed by atoms with Crippen LogP contribution in [0, 0.1) is 0 Å². The van der Waals surface area contributed by atoms with Gasteiger partial charge in [-0.2, -0.15) is 5.10 Å². The van der Waals surface area contributed by atoms with Crippen molar-refractivity contribution in [2.75, 3.05) is 33.2 Å². The van der Waals surface area contributed by atoms with Crippen molar-refractivity contribution in [2.24, 2.45) is 12.0 Å². The number of likely N-dealkylation sites (N-methyl/N-ethyl adjacent to an activating group) is 1. The molecular weight excluding hydrogens is 300 g/mol. The van der Waals surface area contributed by atoms with Gasteiger partial charge in [0.05, 0.1) is 12.7 Å². The van der Waals surface area contributed by atoms with Crippen LogP contribution < -0.4 is 5.32 Å². The molecule has 0 bridgehead atoms. The highest BCUT2D eigenvalue weighted by Crippen LogP contribution is 2.28. The van der Waals surface area contributed by atoms with Crippen LogP contribution in [0.3, 0.4) is 0 Å². The van der Waals surface area contributed by atoms with Gasteiger partial charge in [-0.25, -0.2) is 0 Å². The van der Waals surface area contributed by atoms with Crippen LogP contribution in [0.1, 0.15) is 44.6 Å². The molecule has 1 N–H and O–H groups in total. The lowest BCUT2D eigenvalue weighted by atomic mass is 10.0.